The molecule has 0 spiro atoms. The molecule has 0 bridgehead atoms. The summed E-state index contributed by atoms with van der Waals surface area (Å²) in [5.41, 5.74) is 0.643. The van der Waals surface area contributed by atoms with E-state index in [0.29, 0.717) is 50.6 Å². The van der Waals surface area contributed by atoms with Crippen molar-refractivity contribution in [3.63, 3.8) is 0 Å². The van der Waals surface area contributed by atoms with E-state index in [0.717, 1.165) is 45.4 Å². The van der Waals surface area contributed by atoms with E-state index >= 15 is 0 Å². The van der Waals surface area contributed by atoms with E-state index in [4.69, 9.17) is 9.47 Å². The predicted octanol–water partition coefficient (Wildman–Crippen LogP) is 4.12. The van der Waals surface area contributed by atoms with Gasteiger partial charge in [0.25, 0.3) is 0 Å². The van der Waals surface area contributed by atoms with Gasteiger partial charge in [0.2, 0.25) is 11.8 Å². The minimum atomic E-state index is 0.252. The third kappa shape index (κ3) is 13.2. The fourth-order valence-electron chi connectivity index (χ4n) is 3.36. The van der Waals surface area contributed by atoms with Gasteiger partial charge in [-0.25, -0.2) is 0 Å². The highest BCUT2D eigenvalue weighted by atomic mass is 16.5. The molecule has 0 aromatic carbocycles. The standard InChI is InChI=1S/C13H25NO2.C11H21NO2/c1-13(2,3)7-5-4-6-12(15)14-8-10-16-11-9-14;1-11(2,3)5-4-10(13)12-6-8-14-9-7-12/h4-11H2,1-3H3;4-9H2,1-3H3. The van der Waals surface area contributed by atoms with Gasteiger partial charge in [-0.3, -0.25) is 9.59 Å². The van der Waals surface area contributed by atoms with Crippen molar-refractivity contribution in [3.05, 3.63) is 0 Å². The Labute approximate surface area is 184 Å². The Hall–Kier alpha value is -1.14. The summed E-state index contributed by atoms with van der Waals surface area (Å²) in [5, 5.41) is 0. The number of carbonyl (C=O) groups excluding carboxylic acids is 2. The summed E-state index contributed by atoms with van der Waals surface area (Å²) in [6.07, 6.45) is 5.71. The van der Waals surface area contributed by atoms with E-state index in [-0.39, 0.29) is 11.3 Å². The molecule has 0 unspecified atom stereocenters. The molecule has 6 heteroatoms. The minimum absolute atomic E-state index is 0.252. The highest BCUT2D eigenvalue weighted by Gasteiger charge is 2.19. The third-order valence-electron chi connectivity index (χ3n) is 5.38. The average molecular weight is 427 g/mol. The second-order valence-electron chi connectivity index (χ2n) is 10.8. The molecule has 2 fully saturated rings. The third-order valence-corrected chi connectivity index (χ3v) is 5.38. The Bertz CT molecular complexity index is 496. The molecule has 0 saturated carbocycles. The Balaban J connectivity index is 0.000000303. The molecule has 176 valence electrons. The van der Waals surface area contributed by atoms with Crippen LogP contribution in [0.25, 0.3) is 0 Å². The van der Waals surface area contributed by atoms with Crippen LogP contribution in [-0.4, -0.2) is 74.2 Å². The van der Waals surface area contributed by atoms with Gasteiger partial charge in [0.15, 0.2) is 0 Å². The fourth-order valence-corrected chi connectivity index (χ4v) is 3.36. The van der Waals surface area contributed by atoms with Crippen molar-refractivity contribution in [3.8, 4) is 0 Å². The molecule has 2 aliphatic rings. The number of carbonyl (C=O) groups is 2. The molecule has 30 heavy (non-hydrogen) atoms. The van der Waals surface area contributed by atoms with Crippen LogP contribution in [-0.2, 0) is 19.1 Å². The summed E-state index contributed by atoms with van der Waals surface area (Å²) in [6.45, 7) is 19.1. The monoisotopic (exact) mass is 426 g/mol. The Morgan fingerprint density at radius 1 is 0.633 bits per heavy atom. The van der Waals surface area contributed by atoms with Crippen LogP contribution in [0.15, 0.2) is 0 Å². The Morgan fingerprint density at radius 2 is 1.03 bits per heavy atom. The SMILES string of the molecule is CC(C)(C)CCC(=O)N1CCOCC1.CC(C)(C)CCCCC(=O)N1CCOCC1. The summed E-state index contributed by atoms with van der Waals surface area (Å²) in [5.74, 6) is 0.584. The first-order chi connectivity index (χ1) is 14.0. The summed E-state index contributed by atoms with van der Waals surface area (Å²) >= 11 is 0. The number of unbranched alkanes of at least 4 members (excludes halogenated alkanes) is 1. The minimum Gasteiger partial charge on any atom is -0.378 e. The van der Waals surface area contributed by atoms with Crippen LogP contribution in [0.3, 0.4) is 0 Å². The topological polar surface area (TPSA) is 59.1 Å². The van der Waals surface area contributed by atoms with Crippen molar-refractivity contribution >= 4 is 11.8 Å². The van der Waals surface area contributed by atoms with E-state index in [1.54, 1.807) is 0 Å². The lowest BCUT2D eigenvalue weighted by molar-refractivity contribution is -0.136. The number of ether oxygens (including phenoxy) is 2. The number of nitrogens with zero attached hydrogens (tertiary/aromatic N) is 2. The molecule has 2 heterocycles. The number of amides is 2. The molecule has 0 N–H and O–H groups in total. The van der Waals surface area contributed by atoms with E-state index in [2.05, 4.69) is 41.5 Å². The molecule has 0 aromatic heterocycles. The van der Waals surface area contributed by atoms with Gasteiger partial charge in [-0.1, -0.05) is 48.0 Å². The molecule has 0 radical (unpaired) electrons. The molecule has 2 saturated heterocycles. The zero-order valence-electron chi connectivity index (χ0n) is 20.4. The van der Waals surface area contributed by atoms with Gasteiger partial charge >= 0.3 is 0 Å². The Kier molecular flexibility index (Phi) is 11.9. The van der Waals surface area contributed by atoms with Crippen molar-refractivity contribution in [2.75, 3.05) is 52.6 Å². The average Bonchev–Trinajstić information content (AvgIpc) is 2.70. The van der Waals surface area contributed by atoms with E-state index in [9.17, 15) is 9.59 Å². The van der Waals surface area contributed by atoms with Crippen molar-refractivity contribution in [2.45, 2.75) is 80.1 Å². The van der Waals surface area contributed by atoms with Crippen LogP contribution >= 0.6 is 0 Å². The van der Waals surface area contributed by atoms with Crippen LogP contribution in [0.1, 0.15) is 80.1 Å². The first-order valence-corrected chi connectivity index (χ1v) is 11.7. The number of rotatable bonds is 6. The smallest absolute Gasteiger partial charge is 0.222 e. The van der Waals surface area contributed by atoms with Crippen LogP contribution in [0.4, 0.5) is 0 Å². The van der Waals surface area contributed by atoms with Crippen LogP contribution in [0.2, 0.25) is 0 Å². The van der Waals surface area contributed by atoms with Crippen molar-refractivity contribution < 1.29 is 19.1 Å². The van der Waals surface area contributed by atoms with Crippen molar-refractivity contribution in [1.82, 2.24) is 9.80 Å². The van der Waals surface area contributed by atoms with Gasteiger partial charge < -0.3 is 19.3 Å². The maximum Gasteiger partial charge on any atom is 0.222 e. The van der Waals surface area contributed by atoms with Gasteiger partial charge in [-0.15, -0.1) is 0 Å². The van der Waals surface area contributed by atoms with Crippen molar-refractivity contribution in [1.29, 1.82) is 0 Å². The molecule has 2 aliphatic heterocycles. The van der Waals surface area contributed by atoms with Crippen LogP contribution in [0, 0.1) is 10.8 Å². The first kappa shape index (κ1) is 26.9. The molecule has 6 nitrogen and oxygen atoms in total. The Morgan fingerprint density at radius 3 is 1.43 bits per heavy atom. The molecule has 2 rings (SSSR count). The van der Waals surface area contributed by atoms with E-state index in [1.165, 1.54) is 6.42 Å². The lowest BCUT2D eigenvalue weighted by atomic mass is 9.89. The van der Waals surface area contributed by atoms with Gasteiger partial charge in [-0.2, -0.15) is 0 Å². The summed E-state index contributed by atoms with van der Waals surface area (Å²) in [4.78, 5) is 27.4. The molecule has 0 aliphatic carbocycles. The molecular formula is C24H46N2O4. The normalized spacial score (nSPS) is 17.9. The first-order valence-electron chi connectivity index (χ1n) is 11.7. The number of hydrogen-bond acceptors (Lipinski definition) is 4. The molecule has 0 aromatic rings. The van der Waals surface area contributed by atoms with Crippen molar-refractivity contribution in [2.24, 2.45) is 10.8 Å². The summed E-state index contributed by atoms with van der Waals surface area (Å²) < 4.78 is 10.4. The van der Waals surface area contributed by atoms with Gasteiger partial charge in [0.05, 0.1) is 26.4 Å². The van der Waals surface area contributed by atoms with Gasteiger partial charge in [0, 0.05) is 39.0 Å². The maximum absolute atomic E-state index is 11.8. The lowest BCUT2D eigenvalue weighted by Crippen LogP contribution is -2.40. The largest absolute Gasteiger partial charge is 0.378 e. The zero-order chi connectivity index (χ0) is 22.6. The fraction of sp³-hybridized carbons (Fsp3) is 0.917. The van der Waals surface area contributed by atoms with E-state index in [1.807, 2.05) is 9.80 Å². The van der Waals surface area contributed by atoms with Crippen LogP contribution in [0.5, 0.6) is 0 Å². The lowest BCUT2D eigenvalue weighted by Gasteiger charge is -2.28. The molecule has 2 amide bonds. The van der Waals surface area contributed by atoms with Crippen LogP contribution < -0.4 is 0 Å². The van der Waals surface area contributed by atoms with E-state index < -0.39 is 0 Å². The maximum atomic E-state index is 11.8. The quantitative estimate of drug-likeness (QED) is 0.600. The molecule has 0 atom stereocenters. The predicted molar refractivity (Wildman–Crippen MR) is 121 cm³/mol. The number of hydrogen-bond donors (Lipinski definition) is 0. The highest BCUT2D eigenvalue weighted by molar-refractivity contribution is 5.76. The highest BCUT2D eigenvalue weighted by Crippen LogP contribution is 2.22. The second kappa shape index (κ2) is 13.3. The van der Waals surface area contributed by atoms with Gasteiger partial charge in [0.1, 0.15) is 0 Å². The molecular weight excluding hydrogens is 380 g/mol. The zero-order valence-corrected chi connectivity index (χ0v) is 20.4. The summed E-state index contributed by atoms with van der Waals surface area (Å²) in [6, 6.07) is 0. The van der Waals surface area contributed by atoms with Gasteiger partial charge in [-0.05, 0) is 30.1 Å². The second-order valence-corrected chi connectivity index (χ2v) is 10.8. The number of morpholine rings is 2. The summed E-state index contributed by atoms with van der Waals surface area (Å²) in [7, 11) is 0.